The largest absolute Gasteiger partial charge is 0.352 e. The first-order valence-corrected chi connectivity index (χ1v) is 8.61. The van der Waals surface area contributed by atoms with Crippen molar-refractivity contribution in [3.63, 3.8) is 0 Å². The van der Waals surface area contributed by atoms with Gasteiger partial charge in [0, 0.05) is 30.7 Å². The summed E-state index contributed by atoms with van der Waals surface area (Å²) in [5.74, 6) is 0. The van der Waals surface area contributed by atoms with E-state index in [-0.39, 0.29) is 12.1 Å². The molecule has 0 radical (unpaired) electrons. The van der Waals surface area contributed by atoms with Gasteiger partial charge in [-0.25, -0.2) is 0 Å². The predicted octanol–water partition coefficient (Wildman–Crippen LogP) is 3.44. The Morgan fingerprint density at radius 3 is 2.70 bits per heavy atom. The number of rotatable bonds is 3. The van der Waals surface area contributed by atoms with Crippen LogP contribution in [-0.2, 0) is 0 Å². The number of aryl methyl sites for hydroxylation is 1. The van der Waals surface area contributed by atoms with Gasteiger partial charge < -0.3 is 14.8 Å². The molecule has 5 heteroatoms. The lowest BCUT2D eigenvalue weighted by molar-refractivity contribution is 0.366. The highest BCUT2D eigenvalue weighted by molar-refractivity contribution is 7.80. The summed E-state index contributed by atoms with van der Waals surface area (Å²) in [5.41, 5.74) is 5.13. The van der Waals surface area contributed by atoms with Gasteiger partial charge in [-0.1, -0.05) is 6.07 Å². The van der Waals surface area contributed by atoms with Gasteiger partial charge in [0.25, 0.3) is 0 Å². The maximum atomic E-state index is 5.52. The highest BCUT2D eigenvalue weighted by Crippen LogP contribution is 2.43. The summed E-state index contributed by atoms with van der Waals surface area (Å²) in [4.78, 5) is 6.73. The predicted molar refractivity (Wildman–Crippen MR) is 95.4 cm³/mol. The van der Waals surface area contributed by atoms with E-state index in [1.807, 2.05) is 18.3 Å². The van der Waals surface area contributed by atoms with Crippen LogP contribution in [0.5, 0.6) is 0 Å². The number of hydrogen-bond donors (Lipinski definition) is 1. The van der Waals surface area contributed by atoms with Crippen LogP contribution in [0.25, 0.3) is 0 Å². The van der Waals surface area contributed by atoms with Gasteiger partial charge in [0.15, 0.2) is 5.11 Å². The maximum Gasteiger partial charge on any atom is 0.169 e. The number of nitrogens with one attached hydrogen (secondary N) is 1. The highest BCUT2D eigenvalue weighted by atomic mass is 32.1. The Bertz CT molecular complexity index is 748. The fourth-order valence-electron chi connectivity index (χ4n) is 3.84. The minimum absolute atomic E-state index is 0.0989. The van der Waals surface area contributed by atoms with Gasteiger partial charge in [-0.05, 0) is 62.7 Å². The summed E-state index contributed by atoms with van der Waals surface area (Å²) in [5, 5.41) is 4.25. The summed E-state index contributed by atoms with van der Waals surface area (Å²) < 4.78 is 2.50. The molecule has 2 atom stereocenters. The number of aromatic nitrogens is 2. The molecule has 4 nitrogen and oxygen atoms in total. The molecule has 120 valence electrons. The summed E-state index contributed by atoms with van der Waals surface area (Å²) in [6.07, 6.45) is 4.45. The molecule has 0 amide bonds. The standard InChI is InChI=1S/C18H22N4S/c1-11-10-14(12(2)22(11)13-7-8-13)17-16(20-18(23)21(17)3)15-6-4-5-9-19-15/h4-6,9-10,13,16-17H,7-8H2,1-3H3,(H,20,23)/t16-,17+/m0/s1. The van der Waals surface area contributed by atoms with Crippen molar-refractivity contribution in [2.75, 3.05) is 7.05 Å². The van der Waals surface area contributed by atoms with Crippen molar-refractivity contribution >= 4 is 17.3 Å². The highest BCUT2D eigenvalue weighted by Gasteiger charge is 2.40. The summed E-state index contributed by atoms with van der Waals surface area (Å²) in [6, 6.07) is 9.39. The SMILES string of the molecule is Cc1cc([C@@H]2[C@H](c3ccccn3)NC(=S)N2C)c(C)n1C1CC1. The van der Waals surface area contributed by atoms with Crippen LogP contribution in [0.2, 0.25) is 0 Å². The molecule has 0 spiro atoms. The Morgan fingerprint density at radius 2 is 2.04 bits per heavy atom. The van der Waals surface area contributed by atoms with E-state index in [1.165, 1.54) is 29.8 Å². The zero-order valence-corrected chi connectivity index (χ0v) is 14.6. The molecule has 0 bridgehead atoms. The third-order valence-corrected chi connectivity index (χ3v) is 5.50. The van der Waals surface area contributed by atoms with Crippen molar-refractivity contribution in [3.05, 3.63) is 53.1 Å². The van der Waals surface area contributed by atoms with E-state index in [2.05, 4.69) is 52.8 Å². The molecular formula is C18H22N4S. The first kappa shape index (κ1) is 14.7. The molecule has 2 aromatic rings. The van der Waals surface area contributed by atoms with Crippen LogP contribution in [0, 0.1) is 13.8 Å². The Kier molecular flexibility index (Phi) is 3.41. The van der Waals surface area contributed by atoms with Crippen molar-refractivity contribution in [1.82, 2.24) is 19.8 Å². The summed E-state index contributed by atoms with van der Waals surface area (Å²) in [7, 11) is 2.08. The number of nitrogens with zero attached hydrogens (tertiary/aromatic N) is 3. The molecule has 3 heterocycles. The molecule has 23 heavy (non-hydrogen) atoms. The van der Waals surface area contributed by atoms with Crippen molar-refractivity contribution in [3.8, 4) is 0 Å². The average Bonchev–Trinajstić information content (AvgIpc) is 3.28. The van der Waals surface area contributed by atoms with E-state index in [0.29, 0.717) is 6.04 Å². The van der Waals surface area contributed by atoms with Crippen LogP contribution in [0.4, 0.5) is 0 Å². The quantitative estimate of drug-likeness (QED) is 0.876. The monoisotopic (exact) mass is 326 g/mol. The second-order valence-corrected chi connectivity index (χ2v) is 7.05. The molecule has 2 aromatic heterocycles. The third kappa shape index (κ3) is 2.34. The first-order valence-electron chi connectivity index (χ1n) is 8.20. The van der Waals surface area contributed by atoms with Gasteiger partial charge in [0.2, 0.25) is 0 Å². The maximum absolute atomic E-state index is 5.52. The van der Waals surface area contributed by atoms with Crippen LogP contribution in [0.1, 0.15) is 53.6 Å². The summed E-state index contributed by atoms with van der Waals surface area (Å²) in [6.45, 7) is 4.45. The number of hydrogen-bond acceptors (Lipinski definition) is 2. The van der Waals surface area contributed by atoms with E-state index in [1.54, 1.807) is 0 Å². The van der Waals surface area contributed by atoms with Gasteiger partial charge in [-0.2, -0.15) is 0 Å². The van der Waals surface area contributed by atoms with Crippen LogP contribution < -0.4 is 5.32 Å². The molecule has 1 aliphatic carbocycles. The molecule has 4 rings (SSSR count). The normalized spacial score (nSPS) is 24.1. The second-order valence-electron chi connectivity index (χ2n) is 6.67. The van der Waals surface area contributed by atoms with Crippen LogP contribution in [-0.4, -0.2) is 26.6 Å². The molecule has 0 aromatic carbocycles. The first-order chi connectivity index (χ1) is 11.1. The lowest BCUT2D eigenvalue weighted by Crippen LogP contribution is -2.25. The van der Waals surface area contributed by atoms with Crippen molar-refractivity contribution in [1.29, 1.82) is 0 Å². The molecule has 1 aliphatic heterocycles. The Labute approximate surface area is 142 Å². The lowest BCUT2D eigenvalue weighted by Gasteiger charge is -2.24. The Balaban J connectivity index is 1.79. The molecule has 2 fully saturated rings. The molecule has 1 saturated heterocycles. The van der Waals surface area contributed by atoms with Crippen molar-refractivity contribution in [2.45, 2.75) is 44.8 Å². The Hall–Kier alpha value is -1.88. The van der Waals surface area contributed by atoms with Gasteiger partial charge in [0.05, 0.1) is 17.8 Å². The van der Waals surface area contributed by atoms with Gasteiger partial charge in [-0.15, -0.1) is 0 Å². The van der Waals surface area contributed by atoms with E-state index in [4.69, 9.17) is 12.2 Å². The fourth-order valence-corrected chi connectivity index (χ4v) is 4.08. The van der Waals surface area contributed by atoms with E-state index in [9.17, 15) is 0 Å². The van der Waals surface area contributed by atoms with Gasteiger partial charge >= 0.3 is 0 Å². The van der Waals surface area contributed by atoms with E-state index < -0.39 is 0 Å². The molecule has 2 aliphatic rings. The Morgan fingerprint density at radius 1 is 1.26 bits per heavy atom. The van der Waals surface area contributed by atoms with Crippen LogP contribution in [0.15, 0.2) is 30.5 Å². The number of pyridine rings is 1. The van der Waals surface area contributed by atoms with E-state index in [0.717, 1.165) is 10.8 Å². The zero-order chi connectivity index (χ0) is 16.1. The van der Waals surface area contributed by atoms with Crippen LogP contribution >= 0.6 is 12.2 Å². The van der Waals surface area contributed by atoms with Gasteiger partial charge in [-0.3, -0.25) is 4.98 Å². The van der Waals surface area contributed by atoms with Crippen molar-refractivity contribution in [2.24, 2.45) is 0 Å². The van der Waals surface area contributed by atoms with E-state index >= 15 is 0 Å². The average molecular weight is 326 g/mol. The van der Waals surface area contributed by atoms with Crippen LogP contribution in [0.3, 0.4) is 0 Å². The minimum Gasteiger partial charge on any atom is -0.352 e. The molecule has 1 N–H and O–H groups in total. The second kappa shape index (κ2) is 5.34. The summed E-state index contributed by atoms with van der Waals surface area (Å²) >= 11 is 5.52. The van der Waals surface area contributed by atoms with Crippen molar-refractivity contribution < 1.29 is 0 Å². The lowest BCUT2D eigenvalue weighted by atomic mass is 9.97. The minimum atomic E-state index is 0.0989. The molecule has 1 saturated carbocycles. The smallest absolute Gasteiger partial charge is 0.169 e. The number of likely N-dealkylation sites (N-methyl/N-ethyl adjacent to an activating group) is 1. The molecule has 0 unspecified atom stereocenters. The fraction of sp³-hybridized carbons (Fsp3) is 0.444. The van der Waals surface area contributed by atoms with Gasteiger partial charge in [0.1, 0.15) is 0 Å². The third-order valence-electron chi connectivity index (χ3n) is 5.09. The number of thiocarbonyl (C=S) groups is 1. The zero-order valence-electron chi connectivity index (χ0n) is 13.8. The molecular weight excluding hydrogens is 304 g/mol. The topological polar surface area (TPSA) is 33.1 Å².